The minimum absolute atomic E-state index is 0.528. The average molecular weight is 570 g/mol. The molecule has 0 saturated carbocycles. The third-order valence-corrected chi connectivity index (χ3v) is 9.15. The summed E-state index contributed by atoms with van der Waals surface area (Å²) in [5, 5.41) is -4.07. The quantitative estimate of drug-likeness (QED) is 0.224. The van der Waals surface area contributed by atoms with Gasteiger partial charge in [-0.1, -0.05) is 4.13 Å². The van der Waals surface area contributed by atoms with Gasteiger partial charge in [-0.2, -0.15) is 43.8 Å². The van der Waals surface area contributed by atoms with E-state index in [1.165, 1.54) is 0 Å². The first kappa shape index (κ1) is 29.5. The average Bonchev–Trinajstić information content (AvgIpc) is 2.59. The highest BCUT2D eigenvalue weighted by molar-refractivity contribution is 8.05. The first-order valence-electron chi connectivity index (χ1n) is 7.67. The maximum Gasteiger partial charge on any atom is 0.512 e. The maximum atomic E-state index is 14.1. The highest BCUT2D eigenvalue weighted by atomic mass is 32.3. The molecule has 0 radical (unpaired) electrons. The Morgan fingerprint density at radius 3 is 1.55 bits per heavy atom. The number of piperazine rings is 1. The van der Waals surface area contributed by atoms with E-state index in [1.54, 1.807) is 0 Å². The van der Waals surface area contributed by atoms with Crippen LogP contribution in [0.4, 0.5) is 39.5 Å². The predicted octanol–water partition coefficient (Wildman–Crippen LogP) is -0.242. The summed E-state index contributed by atoms with van der Waals surface area (Å²) in [4.78, 5) is 10.3. The lowest BCUT2D eigenvalue weighted by Gasteiger charge is -2.37. The molecular formula is C9H11F9N4O8S3. The van der Waals surface area contributed by atoms with E-state index in [4.69, 9.17) is 0 Å². The van der Waals surface area contributed by atoms with Gasteiger partial charge < -0.3 is 0 Å². The Morgan fingerprint density at radius 1 is 0.758 bits per heavy atom. The van der Waals surface area contributed by atoms with E-state index < -0.39 is 98.2 Å². The van der Waals surface area contributed by atoms with Crippen molar-refractivity contribution in [2.75, 3.05) is 32.8 Å². The van der Waals surface area contributed by atoms with Crippen molar-refractivity contribution in [1.82, 2.24) is 13.3 Å². The molecule has 0 aromatic heterocycles. The number of nitrogens with zero attached hydrogens (tertiary/aromatic N) is 3. The molecule has 24 heteroatoms. The third-order valence-electron chi connectivity index (χ3n) is 3.90. The highest BCUT2D eigenvalue weighted by Gasteiger charge is 2.83. The van der Waals surface area contributed by atoms with Gasteiger partial charge in [0.15, 0.2) is 0 Å². The first-order chi connectivity index (χ1) is 14.3. The number of alkyl halides is 9. The molecule has 1 heterocycles. The summed E-state index contributed by atoms with van der Waals surface area (Å²) >= 11 is 0. The number of halogens is 9. The second-order valence-corrected chi connectivity index (χ2v) is 11.8. The van der Waals surface area contributed by atoms with Crippen LogP contribution in [0.3, 0.4) is 0 Å². The standard InChI is InChI=1S/C9H11F9N4O8S3/c10-6(11,7(12,13)31(25,26)19-32(27,28)9(16,17)18)8(14,15)33(29,30)21-3-1-20(2-4-21)5-22(23)24/h19H,1-5H2. The molecule has 1 saturated heterocycles. The van der Waals surface area contributed by atoms with Crippen LogP contribution in [0.1, 0.15) is 0 Å². The summed E-state index contributed by atoms with van der Waals surface area (Å²) in [6, 6.07) is 0. The minimum Gasteiger partial charge on any atom is -0.263 e. The molecule has 1 fully saturated rings. The van der Waals surface area contributed by atoms with E-state index in [2.05, 4.69) is 0 Å². The Kier molecular flexibility index (Phi) is 7.71. The lowest BCUT2D eigenvalue weighted by atomic mass is 10.3. The van der Waals surface area contributed by atoms with Crippen molar-refractivity contribution in [1.29, 1.82) is 0 Å². The van der Waals surface area contributed by atoms with Gasteiger partial charge in [0.05, 0.1) is 0 Å². The van der Waals surface area contributed by atoms with Gasteiger partial charge in [0.2, 0.25) is 0 Å². The molecule has 0 unspecified atom stereocenters. The Morgan fingerprint density at radius 2 is 1.18 bits per heavy atom. The molecule has 1 aliphatic heterocycles. The molecular weight excluding hydrogens is 559 g/mol. The molecule has 0 amide bonds. The van der Waals surface area contributed by atoms with E-state index >= 15 is 0 Å². The van der Waals surface area contributed by atoms with Crippen LogP contribution in [0.25, 0.3) is 0 Å². The van der Waals surface area contributed by atoms with Gasteiger partial charge in [-0.25, -0.2) is 30.2 Å². The molecule has 1 N–H and O–H groups in total. The Balaban J connectivity index is 3.34. The lowest BCUT2D eigenvalue weighted by Crippen LogP contribution is -2.66. The Labute approximate surface area is 178 Å². The van der Waals surface area contributed by atoms with Crippen LogP contribution in [0.5, 0.6) is 0 Å². The summed E-state index contributed by atoms with van der Waals surface area (Å²) < 4.78 is 187. The second kappa shape index (κ2) is 8.62. The largest absolute Gasteiger partial charge is 0.512 e. The second-order valence-electron chi connectivity index (χ2n) is 6.14. The molecule has 0 aromatic carbocycles. The first-order valence-corrected chi connectivity index (χ1v) is 12.1. The predicted molar refractivity (Wildman–Crippen MR) is 85.8 cm³/mol. The maximum absolute atomic E-state index is 14.1. The fourth-order valence-corrected chi connectivity index (χ4v) is 6.08. The highest BCUT2D eigenvalue weighted by Crippen LogP contribution is 2.51. The van der Waals surface area contributed by atoms with Crippen molar-refractivity contribution < 1.29 is 69.7 Å². The SMILES string of the molecule is O=[N+]([O-])CN1CCN(S(=O)(=O)C(F)(F)C(F)(F)C(F)(F)S(=O)(=O)NS(=O)(=O)C(F)(F)F)CC1. The van der Waals surface area contributed by atoms with Crippen LogP contribution in [0.2, 0.25) is 0 Å². The molecule has 0 atom stereocenters. The Hall–Kier alpha value is -1.50. The normalized spacial score (nSPS) is 18.9. The van der Waals surface area contributed by atoms with E-state index in [1.807, 2.05) is 0 Å². The summed E-state index contributed by atoms with van der Waals surface area (Å²) in [7, 11) is -22.1. The van der Waals surface area contributed by atoms with E-state index in [-0.39, 0.29) is 0 Å². The van der Waals surface area contributed by atoms with Gasteiger partial charge >= 0.3 is 32.0 Å². The van der Waals surface area contributed by atoms with Gasteiger partial charge in [-0.05, 0) is 0 Å². The number of rotatable bonds is 9. The minimum atomic E-state index is -7.84. The molecule has 1 aliphatic rings. The van der Waals surface area contributed by atoms with Crippen LogP contribution in [0, 0.1) is 10.1 Å². The van der Waals surface area contributed by atoms with Gasteiger partial charge in [-0.15, -0.1) is 0 Å². The summed E-state index contributed by atoms with van der Waals surface area (Å²) in [6.07, 6.45) is 0. The van der Waals surface area contributed by atoms with Crippen molar-refractivity contribution in [2.24, 2.45) is 0 Å². The Bertz CT molecular complexity index is 1080. The lowest BCUT2D eigenvalue weighted by molar-refractivity contribution is -0.504. The molecule has 33 heavy (non-hydrogen) atoms. The third kappa shape index (κ3) is 5.13. The van der Waals surface area contributed by atoms with Crippen LogP contribution in [0.15, 0.2) is 0 Å². The van der Waals surface area contributed by atoms with Crippen molar-refractivity contribution in [2.45, 2.75) is 21.9 Å². The van der Waals surface area contributed by atoms with Crippen LogP contribution in [-0.4, -0.2) is 94.2 Å². The molecule has 0 bridgehead atoms. The molecule has 1 rings (SSSR count). The van der Waals surface area contributed by atoms with Crippen molar-refractivity contribution in [3.05, 3.63) is 10.1 Å². The number of sulfonamides is 3. The van der Waals surface area contributed by atoms with Crippen molar-refractivity contribution in [3.63, 3.8) is 0 Å². The zero-order chi connectivity index (χ0) is 26.5. The molecule has 196 valence electrons. The van der Waals surface area contributed by atoms with Gasteiger partial charge in [0, 0.05) is 31.1 Å². The van der Waals surface area contributed by atoms with Gasteiger partial charge in [0.25, 0.3) is 26.7 Å². The zero-order valence-corrected chi connectivity index (χ0v) is 17.7. The summed E-state index contributed by atoms with van der Waals surface area (Å²) in [6.45, 7) is -4.73. The zero-order valence-electron chi connectivity index (χ0n) is 15.3. The topological polar surface area (TPSA) is 164 Å². The van der Waals surface area contributed by atoms with Crippen molar-refractivity contribution >= 4 is 30.1 Å². The van der Waals surface area contributed by atoms with Crippen molar-refractivity contribution in [3.8, 4) is 0 Å². The van der Waals surface area contributed by atoms with E-state index in [0.29, 0.717) is 0 Å². The number of nitro groups is 1. The number of hydrogen-bond donors (Lipinski definition) is 1. The fourth-order valence-electron chi connectivity index (χ4n) is 2.18. The van der Waals surface area contributed by atoms with Gasteiger partial charge in [-0.3, -0.25) is 10.1 Å². The van der Waals surface area contributed by atoms with Crippen LogP contribution < -0.4 is 4.13 Å². The smallest absolute Gasteiger partial charge is 0.263 e. The van der Waals surface area contributed by atoms with E-state index in [9.17, 15) is 74.9 Å². The fraction of sp³-hybridized carbons (Fsp3) is 1.00. The number of nitrogens with one attached hydrogen (secondary N) is 1. The number of hydrogen-bond acceptors (Lipinski definition) is 9. The molecule has 0 aliphatic carbocycles. The molecule has 12 nitrogen and oxygen atoms in total. The molecule has 0 aromatic rings. The van der Waals surface area contributed by atoms with Crippen LogP contribution in [-0.2, 0) is 30.1 Å². The van der Waals surface area contributed by atoms with Gasteiger partial charge in [0.1, 0.15) is 0 Å². The monoisotopic (exact) mass is 570 g/mol. The summed E-state index contributed by atoms with van der Waals surface area (Å²) in [5.74, 6) is -7.51. The van der Waals surface area contributed by atoms with E-state index in [0.717, 1.165) is 4.90 Å². The summed E-state index contributed by atoms with van der Waals surface area (Å²) in [5.41, 5.74) is -6.66. The molecule has 0 spiro atoms. The van der Waals surface area contributed by atoms with Crippen LogP contribution >= 0.6 is 0 Å².